The van der Waals surface area contributed by atoms with Gasteiger partial charge in [0.15, 0.2) is 0 Å². The molecule has 9 N–H and O–H groups in total. The van der Waals surface area contributed by atoms with E-state index in [0.29, 0.717) is 24.9 Å². The fourth-order valence-corrected chi connectivity index (χ4v) is 4.39. The average Bonchev–Trinajstić information content (AvgIpc) is 2.75. The lowest BCUT2D eigenvalue weighted by atomic mass is 10.1. The van der Waals surface area contributed by atoms with Crippen LogP contribution in [0.4, 0.5) is 0 Å². The standard InChI is InChI=1S/C21H30N6O5S/c22-8-4-3-6-13-20(31)27-15(19(24)30)11-33-16-7-2-1-5-12(16)9-18(29)25-14(10-17(23)28)21(32)26-13/h1-2,5,7,13-15H,3-4,6,8-11,22H2,(H2,23,28)(H2,24,30)(H,25,29)(H,26,32)(H,27,31)/t13-,14-,15-/m0/s1. The Morgan fingerprint density at radius 1 is 0.970 bits per heavy atom. The third-order valence-corrected chi connectivity index (χ3v) is 6.24. The number of fused-ring (bicyclic) bond motifs is 1. The van der Waals surface area contributed by atoms with E-state index in [4.69, 9.17) is 17.2 Å². The number of nitrogens with one attached hydrogen (secondary N) is 3. The van der Waals surface area contributed by atoms with Crippen LogP contribution in [-0.4, -0.2) is 60.0 Å². The molecule has 3 atom stereocenters. The van der Waals surface area contributed by atoms with Crippen LogP contribution in [0.15, 0.2) is 29.2 Å². The molecule has 12 heteroatoms. The first-order valence-corrected chi connectivity index (χ1v) is 11.6. The Morgan fingerprint density at radius 3 is 2.33 bits per heavy atom. The summed E-state index contributed by atoms with van der Waals surface area (Å²) < 4.78 is 0. The summed E-state index contributed by atoms with van der Waals surface area (Å²) in [5.41, 5.74) is 16.9. The summed E-state index contributed by atoms with van der Waals surface area (Å²) in [6.45, 7) is 0.405. The predicted octanol–water partition coefficient (Wildman–Crippen LogP) is -1.72. The van der Waals surface area contributed by atoms with Crippen LogP contribution in [0.1, 0.15) is 31.2 Å². The highest BCUT2D eigenvalue weighted by Crippen LogP contribution is 2.24. The maximum atomic E-state index is 12.9. The number of unbranched alkanes of at least 4 members (excludes halogenated alkanes) is 1. The van der Waals surface area contributed by atoms with E-state index in [1.54, 1.807) is 24.3 Å². The van der Waals surface area contributed by atoms with Gasteiger partial charge in [-0.3, -0.25) is 24.0 Å². The number of thioether (sulfide) groups is 1. The van der Waals surface area contributed by atoms with Crippen molar-refractivity contribution >= 4 is 41.3 Å². The van der Waals surface area contributed by atoms with Gasteiger partial charge in [-0.1, -0.05) is 18.2 Å². The predicted molar refractivity (Wildman–Crippen MR) is 123 cm³/mol. The third-order valence-electron chi connectivity index (χ3n) is 5.03. The first-order chi connectivity index (χ1) is 15.7. The lowest BCUT2D eigenvalue weighted by Gasteiger charge is -2.25. The van der Waals surface area contributed by atoms with Gasteiger partial charge >= 0.3 is 0 Å². The van der Waals surface area contributed by atoms with Gasteiger partial charge in [0.05, 0.1) is 12.8 Å². The van der Waals surface area contributed by atoms with Crippen molar-refractivity contribution in [1.82, 2.24) is 16.0 Å². The highest BCUT2D eigenvalue weighted by Gasteiger charge is 2.30. The van der Waals surface area contributed by atoms with Crippen molar-refractivity contribution in [3.05, 3.63) is 29.8 Å². The average molecular weight is 479 g/mol. The molecule has 0 saturated heterocycles. The molecule has 1 aromatic carbocycles. The maximum absolute atomic E-state index is 12.9. The minimum atomic E-state index is -1.26. The van der Waals surface area contributed by atoms with Crippen molar-refractivity contribution in [1.29, 1.82) is 0 Å². The zero-order valence-electron chi connectivity index (χ0n) is 18.2. The molecule has 5 amide bonds. The number of amides is 5. The van der Waals surface area contributed by atoms with Crippen molar-refractivity contribution in [2.24, 2.45) is 17.2 Å². The van der Waals surface area contributed by atoms with Crippen LogP contribution in [0.25, 0.3) is 0 Å². The second-order valence-corrected chi connectivity index (χ2v) is 8.76. The molecule has 1 aliphatic heterocycles. The van der Waals surface area contributed by atoms with Gasteiger partial charge in [0.1, 0.15) is 18.1 Å². The number of primary amides is 2. The highest BCUT2D eigenvalue weighted by atomic mass is 32.2. The molecule has 180 valence electrons. The Labute approximate surface area is 195 Å². The Bertz CT molecular complexity index is 896. The Kier molecular flexibility index (Phi) is 10.1. The van der Waals surface area contributed by atoms with Crippen LogP contribution in [0.5, 0.6) is 0 Å². The number of rotatable bonds is 7. The van der Waals surface area contributed by atoms with E-state index in [-0.39, 0.29) is 18.6 Å². The molecule has 0 unspecified atom stereocenters. The summed E-state index contributed by atoms with van der Waals surface area (Å²) in [7, 11) is 0. The first-order valence-electron chi connectivity index (χ1n) is 10.6. The van der Waals surface area contributed by atoms with Gasteiger partial charge < -0.3 is 33.2 Å². The monoisotopic (exact) mass is 478 g/mol. The summed E-state index contributed by atoms with van der Waals surface area (Å²) in [6.07, 6.45) is 0.903. The number of benzene rings is 1. The van der Waals surface area contributed by atoms with Crippen molar-refractivity contribution in [3.63, 3.8) is 0 Å². The number of carbonyl (C=O) groups excluding carboxylic acids is 5. The first kappa shape index (κ1) is 26.1. The smallest absolute Gasteiger partial charge is 0.243 e. The van der Waals surface area contributed by atoms with E-state index < -0.39 is 54.1 Å². The molecule has 2 rings (SSSR count). The van der Waals surface area contributed by atoms with E-state index >= 15 is 0 Å². The maximum Gasteiger partial charge on any atom is 0.243 e. The van der Waals surface area contributed by atoms with Gasteiger partial charge in [0.25, 0.3) is 0 Å². The van der Waals surface area contributed by atoms with Crippen molar-refractivity contribution in [2.75, 3.05) is 12.3 Å². The Morgan fingerprint density at radius 2 is 1.67 bits per heavy atom. The second-order valence-electron chi connectivity index (χ2n) is 7.70. The van der Waals surface area contributed by atoms with Crippen molar-refractivity contribution in [2.45, 2.75) is 55.1 Å². The van der Waals surface area contributed by atoms with Crippen molar-refractivity contribution in [3.8, 4) is 0 Å². The fourth-order valence-electron chi connectivity index (χ4n) is 3.29. The molecule has 0 spiro atoms. The number of carbonyl (C=O) groups is 5. The molecule has 33 heavy (non-hydrogen) atoms. The summed E-state index contributed by atoms with van der Waals surface area (Å²) in [4.78, 5) is 62.7. The lowest BCUT2D eigenvalue weighted by molar-refractivity contribution is -0.134. The zero-order chi connectivity index (χ0) is 24.4. The van der Waals surface area contributed by atoms with Gasteiger partial charge in [0, 0.05) is 10.6 Å². The molecule has 0 saturated carbocycles. The van der Waals surface area contributed by atoms with E-state index in [0.717, 1.165) is 4.90 Å². The summed E-state index contributed by atoms with van der Waals surface area (Å²) in [5, 5.41) is 7.70. The normalized spacial score (nSPS) is 22.2. The molecule has 1 heterocycles. The molecule has 0 bridgehead atoms. The van der Waals surface area contributed by atoms with Crippen LogP contribution < -0.4 is 33.2 Å². The SMILES string of the molecule is NCCCC[C@@H]1NC(=O)[C@H](CC(N)=O)NC(=O)Cc2ccccc2SC[C@@H](C(N)=O)NC1=O. The van der Waals surface area contributed by atoms with Gasteiger partial charge in [-0.05, 0) is 37.4 Å². The molecule has 0 aliphatic carbocycles. The summed E-state index contributed by atoms with van der Waals surface area (Å²) >= 11 is 1.28. The molecule has 11 nitrogen and oxygen atoms in total. The van der Waals surface area contributed by atoms with E-state index in [1.165, 1.54) is 11.8 Å². The molecule has 0 aromatic heterocycles. The minimum Gasteiger partial charge on any atom is -0.370 e. The van der Waals surface area contributed by atoms with Crippen LogP contribution in [0.2, 0.25) is 0 Å². The fraction of sp³-hybridized carbons (Fsp3) is 0.476. The molecule has 0 fully saturated rings. The van der Waals surface area contributed by atoms with E-state index in [2.05, 4.69) is 16.0 Å². The number of nitrogens with two attached hydrogens (primary N) is 3. The van der Waals surface area contributed by atoms with Gasteiger partial charge in [-0.25, -0.2) is 0 Å². The molecule has 1 aliphatic rings. The third kappa shape index (κ3) is 8.39. The zero-order valence-corrected chi connectivity index (χ0v) is 19.0. The van der Waals surface area contributed by atoms with Gasteiger partial charge in [-0.2, -0.15) is 0 Å². The Hall–Kier alpha value is -3.12. The van der Waals surface area contributed by atoms with Crippen LogP contribution in [0.3, 0.4) is 0 Å². The minimum absolute atomic E-state index is 0.0563. The highest BCUT2D eigenvalue weighted by molar-refractivity contribution is 7.99. The topological polar surface area (TPSA) is 200 Å². The molecular weight excluding hydrogens is 448 g/mol. The summed E-state index contributed by atoms with van der Waals surface area (Å²) in [5.74, 6) is -3.18. The second kappa shape index (κ2) is 12.8. The Balaban J connectivity index is 2.38. The van der Waals surface area contributed by atoms with Crippen LogP contribution in [-0.2, 0) is 30.4 Å². The number of hydrogen-bond donors (Lipinski definition) is 6. The van der Waals surface area contributed by atoms with Gasteiger partial charge in [0.2, 0.25) is 29.5 Å². The molecule has 1 aromatic rings. The molecule has 0 radical (unpaired) electrons. The van der Waals surface area contributed by atoms with E-state index in [9.17, 15) is 24.0 Å². The quantitative estimate of drug-likeness (QED) is 0.250. The summed E-state index contributed by atoms with van der Waals surface area (Å²) in [6, 6.07) is 3.78. The van der Waals surface area contributed by atoms with Gasteiger partial charge in [-0.15, -0.1) is 11.8 Å². The van der Waals surface area contributed by atoms with Crippen LogP contribution >= 0.6 is 11.8 Å². The number of hydrogen-bond acceptors (Lipinski definition) is 7. The lowest BCUT2D eigenvalue weighted by Crippen LogP contribution is -2.57. The van der Waals surface area contributed by atoms with E-state index in [1.807, 2.05) is 0 Å². The largest absolute Gasteiger partial charge is 0.370 e. The van der Waals surface area contributed by atoms with Crippen LogP contribution in [0, 0.1) is 0 Å². The van der Waals surface area contributed by atoms with Crippen molar-refractivity contribution < 1.29 is 24.0 Å². The molecular formula is C21H30N6O5S.